The van der Waals surface area contributed by atoms with Gasteiger partial charge in [-0.15, -0.1) is 0 Å². The maximum Gasteiger partial charge on any atom is 0.387 e. The van der Waals surface area contributed by atoms with Gasteiger partial charge in [-0.3, -0.25) is 14.4 Å². The maximum atomic E-state index is 13.3. The molecule has 1 aliphatic carbocycles. The first kappa shape index (κ1) is 25.2. The summed E-state index contributed by atoms with van der Waals surface area (Å²) in [6, 6.07) is 8.71. The van der Waals surface area contributed by atoms with Crippen LogP contribution >= 0.6 is 0 Å². The molecule has 1 N–H and O–H groups in total. The summed E-state index contributed by atoms with van der Waals surface area (Å²) in [4.78, 5) is 15.1. The third-order valence-electron chi connectivity index (χ3n) is 6.50. The van der Waals surface area contributed by atoms with Crippen molar-refractivity contribution in [1.29, 1.82) is 0 Å². The molecule has 1 saturated heterocycles. The Morgan fingerprint density at radius 1 is 1.19 bits per heavy atom. The van der Waals surface area contributed by atoms with Crippen molar-refractivity contribution < 1.29 is 32.5 Å². The van der Waals surface area contributed by atoms with Gasteiger partial charge in [-0.2, -0.15) is 13.9 Å². The van der Waals surface area contributed by atoms with Crippen molar-refractivity contribution in [2.75, 3.05) is 46.6 Å². The number of nitrogens with zero attached hydrogens (tertiary/aromatic N) is 3. The lowest BCUT2D eigenvalue weighted by atomic mass is 10.0. The molecule has 0 bridgehead atoms. The molecule has 37 heavy (non-hydrogen) atoms. The topological polar surface area (TPSA) is 87.1 Å². The Morgan fingerprint density at radius 2 is 1.95 bits per heavy atom. The lowest BCUT2D eigenvalue weighted by molar-refractivity contribution is -0.0502. The van der Waals surface area contributed by atoms with Gasteiger partial charge >= 0.3 is 6.61 Å². The molecule has 2 aromatic carbocycles. The fourth-order valence-corrected chi connectivity index (χ4v) is 4.52. The van der Waals surface area contributed by atoms with Crippen LogP contribution in [0.3, 0.4) is 0 Å². The number of alkyl halides is 2. The van der Waals surface area contributed by atoms with Gasteiger partial charge in [0.05, 0.1) is 31.5 Å². The van der Waals surface area contributed by atoms with Crippen molar-refractivity contribution in [3.05, 3.63) is 35.9 Å². The number of morpholine rings is 1. The molecule has 9 nitrogen and oxygen atoms in total. The Kier molecular flexibility index (Phi) is 7.43. The van der Waals surface area contributed by atoms with E-state index in [1.807, 2.05) is 18.2 Å². The van der Waals surface area contributed by atoms with Crippen molar-refractivity contribution in [2.24, 2.45) is 7.05 Å². The second-order valence-electron chi connectivity index (χ2n) is 9.13. The van der Waals surface area contributed by atoms with E-state index in [0.717, 1.165) is 51.1 Å². The number of amides is 1. The number of nitrogens with one attached hydrogen (secondary N) is 1. The minimum absolute atomic E-state index is 0.0441. The summed E-state index contributed by atoms with van der Waals surface area (Å²) in [5.41, 5.74) is 1.83. The minimum atomic E-state index is -3.10. The Bertz CT molecular complexity index is 1270. The largest absolute Gasteiger partial charge is 0.496 e. The summed E-state index contributed by atoms with van der Waals surface area (Å²) in [5, 5.41) is 8.21. The number of aryl methyl sites for hydroxylation is 1. The third-order valence-corrected chi connectivity index (χ3v) is 6.50. The number of hydrogen-bond donors (Lipinski definition) is 1. The lowest BCUT2D eigenvalue weighted by Gasteiger charge is -2.26. The van der Waals surface area contributed by atoms with E-state index in [4.69, 9.17) is 18.9 Å². The first-order chi connectivity index (χ1) is 17.9. The Hall–Kier alpha value is -3.44. The predicted molar refractivity (Wildman–Crippen MR) is 133 cm³/mol. The van der Waals surface area contributed by atoms with Crippen LogP contribution in [0.4, 0.5) is 8.78 Å². The van der Waals surface area contributed by atoms with Crippen molar-refractivity contribution in [1.82, 2.24) is 20.0 Å². The fraction of sp³-hybridized carbons (Fsp3) is 0.462. The van der Waals surface area contributed by atoms with Gasteiger partial charge in [0.15, 0.2) is 0 Å². The highest BCUT2D eigenvalue weighted by atomic mass is 19.3. The van der Waals surface area contributed by atoms with E-state index < -0.39 is 12.5 Å². The van der Waals surface area contributed by atoms with Crippen molar-refractivity contribution in [3.63, 3.8) is 0 Å². The van der Waals surface area contributed by atoms with Gasteiger partial charge in [-0.05, 0) is 37.1 Å². The Morgan fingerprint density at radius 3 is 2.65 bits per heavy atom. The summed E-state index contributed by atoms with van der Waals surface area (Å²) in [7, 11) is 3.16. The van der Waals surface area contributed by atoms with Gasteiger partial charge in [0.1, 0.15) is 29.4 Å². The molecule has 2 fully saturated rings. The molecule has 2 aliphatic rings. The van der Waals surface area contributed by atoms with E-state index in [2.05, 4.69) is 15.3 Å². The van der Waals surface area contributed by atoms with Crippen molar-refractivity contribution >= 4 is 16.8 Å². The molecule has 11 heteroatoms. The zero-order valence-electron chi connectivity index (χ0n) is 20.8. The third kappa shape index (κ3) is 5.78. The highest BCUT2D eigenvalue weighted by Gasteiger charge is 2.29. The first-order valence-electron chi connectivity index (χ1n) is 12.3. The number of carbonyl (C=O) groups excluding carboxylic acids is 1. The van der Waals surface area contributed by atoms with E-state index in [1.165, 1.54) is 13.2 Å². The van der Waals surface area contributed by atoms with Crippen LogP contribution in [-0.4, -0.2) is 79.8 Å². The van der Waals surface area contributed by atoms with E-state index in [1.54, 1.807) is 17.8 Å². The van der Waals surface area contributed by atoms with Crippen LogP contribution in [-0.2, 0) is 11.8 Å². The molecule has 0 radical (unpaired) electrons. The monoisotopic (exact) mass is 516 g/mol. The Balaban J connectivity index is 1.43. The molecule has 1 saturated carbocycles. The van der Waals surface area contributed by atoms with Gasteiger partial charge in [0.25, 0.3) is 5.91 Å². The molecule has 0 unspecified atom stereocenters. The quantitative estimate of drug-likeness (QED) is 0.442. The molecule has 198 valence electrons. The van der Waals surface area contributed by atoms with Crippen molar-refractivity contribution in [2.45, 2.75) is 25.5 Å². The average Bonchev–Trinajstić information content (AvgIpc) is 3.62. The maximum absolute atomic E-state index is 13.3. The number of fused-ring (bicyclic) bond motifs is 1. The average molecular weight is 517 g/mol. The van der Waals surface area contributed by atoms with E-state index >= 15 is 0 Å². The standard InChI is InChI=1S/C26H30F2N4O5/c1-31-24(19-6-5-18(15-20(19)30-31)36-12-9-32-7-10-35-11-8-32)16-13-21(34-2)23(22(14-16)37-26(27)28)25(33)29-17-3-4-17/h5-6,13-15,17,26H,3-4,7-12H2,1-2H3,(H,29,33). The summed E-state index contributed by atoms with van der Waals surface area (Å²) >= 11 is 0. The van der Waals surface area contributed by atoms with Crippen LogP contribution in [0.25, 0.3) is 22.2 Å². The molecule has 5 rings (SSSR count). The van der Waals surface area contributed by atoms with Crippen LogP contribution in [0.1, 0.15) is 23.2 Å². The van der Waals surface area contributed by atoms with Gasteiger partial charge < -0.3 is 24.3 Å². The summed E-state index contributed by atoms with van der Waals surface area (Å²) in [6.45, 7) is 1.52. The predicted octanol–water partition coefficient (Wildman–Crippen LogP) is 3.45. The van der Waals surface area contributed by atoms with Crippen LogP contribution in [0.5, 0.6) is 17.2 Å². The summed E-state index contributed by atoms with van der Waals surface area (Å²) < 4.78 is 49.8. The number of hydrogen-bond acceptors (Lipinski definition) is 7. The molecule has 1 amide bonds. The molecule has 2 heterocycles. The van der Waals surface area contributed by atoms with Crippen LogP contribution in [0, 0.1) is 0 Å². The molecule has 0 atom stereocenters. The molecule has 1 aromatic heterocycles. The Labute approximate surface area is 213 Å². The number of methoxy groups -OCH3 is 1. The highest BCUT2D eigenvalue weighted by molar-refractivity contribution is 6.02. The van der Waals surface area contributed by atoms with Crippen LogP contribution in [0.15, 0.2) is 30.3 Å². The number of aromatic nitrogens is 2. The molecule has 0 spiro atoms. The summed E-state index contributed by atoms with van der Waals surface area (Å²) in [6.07, 6.45) is 1.72. The van der Waals surface area contributed by atoms with Gasteiger partial charge in [-0.25, -0.2) is 0 Å². The van der Waals surface area contributed by atoms with E-state index in [-0.39, 0.29) is 23.1 Å². The second kappa shape index (κ2) is 10.9. The van der Waals surface area contributed by atoms with E-state index in [9.17, 15) is 13.6 Å². The second-order valence-corrected chi connectivity index (χ2v) is 9.13. The number of benzene rings is 2. The van der Waals surface area contributed by atoms with Gasteiger partial charge in [0, 0.05) is 49.7 Å². The van der Waals surface area contributed by atoms with Crippen LogP contribution in [0.2, 0.25) is 0 Å². The number of ether oxygens (including phenoxy) is 4. The van der Waals surface area contributed by atoms with Gasteiger partial charge in [-0.1, -0.05) is 0 Å². The SMILES string of the molecule is COc1cc(-c2c3ccc(OCCN4CCOCC4)cc3nn2C)cc(OC(F)F)c1C(=O)NC1CC1. The lowest BCUT2D eigenvalue weighted by Crippen LogP contribution is -2.38. The minimum Gasteiger partial charge on any atom is -0.496 e. The highest BCUT2D eigenvalue weighted by Crippen LogP contribution is 2.39. The zero-order chi connectivity index (χ0) is 25.9. The smallest absolute Gasteiger partial charge is 0.387 e. The van der Waals surface area contributed by atoms with Crippen LogP contribution < -0.4 is 19.5 Å². The molecular formula is C26H30F2N4O5. The normalized spacial score (nSPS) is 16.2. The first-order valence-corrected chi connectivity index (χ1v) is 12.3. The number of carbonyl (C=O) groups is 1. The zero-order valence-corrected chi connectivity index (χ0v) is 20.8. The fourth-order valence-electron chi connectivity index (χ4n) is 4.52. The number of halogens is 2. The molecule has 1 aliphatic heterocycles. The van der Waals surface area contributed by atoms with E-state index in [0.29, 0.717) is 29.1 Å². The molecular weight excluding hydrogens is 486 g/mol. The van der Waals surface area contributed by atoms with Gasteiger partial charge in [0.2, 0.25) is 0 Å². The summed E-state index contributed by atoms with van der Waals surface area (Å²) in [5.74, 6) is 0.0794. The number of rotatable bonds is 10. The molecule has 3 aromatic rings. The van der Waals surface area contributed by atoms with Crippen molar-refractivity contribution in [3.8, 4) is 28.5 Å².